The van der Waals surface area contributed by atoms with Crippen molar-refractivity contribution in [2.75, 3.05) is 17.2 Å². The molecule has 2 rings (SSSR count). The number of halogens is 1. The molecule has 0 aromatic carbocycles. The van der Waals surface area contributed by atoms with Crippen LogP contribution in [0, 0.1) is 6.92 Å². The lowest BCUT2D eigenvalue weighted by Crippen LogP contribution is -2.45. The van der Waals surface area contributed by atoms with E-state index in [2.05, 4.69) is 28.7 Å². The first-order valence-electron chi connectivity index (χ1n) is 5.47. The number of anilines is 1. The average Bonchev–Trinajstić information content (AvgIpc) is 2.20. The van der Waals surface area contributed by atoms with Crippen LogP contribution in [0.25, 0.3) is 0 Å². The van der Waals surface area contributed by atoms with Gasteiger partial charge in [-0.15, -0.1) is 0 Å². The Balaban J connectivity index is 2.28. The van der Waals surface area contributed by atoms with Crippen molar-refractivity contribution in [2.45, 2.75) is 32.1 Å². The van der Waals surface area contributed by atoms with Gasteiger partial charge in [-0.2, -0.15) is 11.8 Å². The minimum absolute atomic E-state index is 0.341. The molecule has 0 radical (unpaired) electrons. The smallest absolute Gasteiger partial charge is 0.224 e. The van der Waals surface area contributed by atoms with Gasteiger partial charge in [-0.1, -0.05) is 6.92 Å². The zero-order chi connectivity index (χ0) is 11.7. The second-order valence-corrected chi connectivity index (χ2v) is 5.97. The van der Waals surface area contributed by atoms with E-state index < -0.39 is 0 Å². The molecule has 0 aliphatic carbocycles. The molecule has 1 aliphatic rings. The zero-order valence-corrected chi connectivity index (χ0v) is 11.3. The molecule has 5 heteroatoms. The molecule has 0 amide bonds. The molecule has 1 fully saturated rings. The van der Waals surface area contributed by atoms with Gasteiger partial charge in [-0.3, -0.25) is 0 Å². The molecule has 2 unspecified atom stereocenters. The minimum Gasteiger partial charge on any atom is -0.352 e. The maximum atomic E-state index is 5.90. The van der Waals surface area contributed by atoms with E-state index in [0.29, 0.717) is 16.6 Å². The van der Waals surface area contributed by atoms with Crippen LogP contribution in [0.15, 0.2) is 6.07 Å². The van der Waals surface area contributed by atoms with Gasteiger partial charge in [-0.05, 0) is 25.4 Å². The number of nitrogens with zero attached hydrogens (tertiary/aromatic N) is 3. The van der Waals surface area contributed by atoms with Crippen molar-refractivity contribution in [3.8, 4) is 0 Å². The summed E-state index contributed by atoms with van der Waals surface area (Å²) in [6.45, 7) is 7.48. The molecule has 1 aromatic heterocycles. The number of aryl methyl sites for hydroxylation is 1. The summed E-state index contributed by atoms with van der Waals surface area (Å²) in [6.07, 6.45) is 0. The summed E-state index contributed by atoms with van der Waals surface area (Å²) in [5.74, 6) is 2.10. The summed E-state index contributed by atoms with van der Waals surface area (Å²) < 4.78 is 0. The van der Waals surface area contributed by atoms with Gasteiger partial charge in [0.1, 0.15) is 5.82 Å². The molecule has 1 aliphatic heterocycles. The van der Waals surface area contributed by atoms with Gasteiger partial charge in [0.2, 0.25) is 5.28 Å². The number of rotatable bonds is 1. The Kier molecular flexibility index (Phi) is 3.60. The third-order valence-corrected chi connectivity index (χ3v) is 4.50. The topological polar surface area (TPSA) is 29.0 Å². The second-order valence-electron chi connectivity index (χ2n) is 4.15. The molecular formula is C11H16ClN3S. The lowest BCUT2D eigenvalue weighted by molar-refractivity contribution is 0.619. The predicted octanol–water partition coefficient (Wildman–Crippen LogP) is 2.77. The van der Waals surface area contributed by atoms with Crippen LogP contribution in [0.5, 0.6) is 0 Å². The molecule has 2 atom stereocenters. The van der Waals surface area contributed by atoms with Gasteiger partial charge in [0.15, 0.2) is 0 Å². The van der Waals surface area contributed by atoms with Crippen LogP contribution < -0.4 is 4.90 Å². The van der Waals surface area contributed by atoms with E-state index in [-0.39, 0.29) is 0 Å². The van der Waals surface area contributed by atoms with Crippen molar-refractivity contribution in [2.24, 2.45) is 0 Å². The van der Waals surface area contributed by atoms with Crippen molar-refractivity contribution in [3.05, 3.63) is 17.0 Å². The average molecular weight is 258 g/mol. The van der Waals surface area contributed by atoms with E-state index >= 15 is 0 Å². The van der Waals surface area contributed by atoms with E-state index in [1.165, 1.54) is 0 Å². The normalized spacial score (nSPS) is 25.9. The third-order valence-electron chi connectivity index (χ3n) is 2.99. The van der Waals surface area contributed by atoms with Crippen molar-refractivity contribution in [1.29, 1.82) is 0 Å². The Morgan fingerprint density at radius 1 is 1.44 bits per heavy atom. The molecule has 1 saturated heterocycles. The first-order chi connectivity index (χ1) is 7.58. The third kappa shape index (κ3) is 2.43. The highest BCUT2D eigenvalue weighted by atomic mass is 35.5. The summed E-state index contributed by atoms with van der Waals surface area (Å²) in [6, 6.07) is 2.49. The Morgan fingerprint density at radius 2 is 2.19 bits per heavy atom. The fourth-order valence-corrected chi connectivity index (χ4v) is 3.24. The SMILES string of the molecule is Cc1cc(N2CCSC(C)C2C)nc(Cl)n1. The van der Waals surface area contributed by atoms with Crippen LogP contribution in [-0.4, -0.2) is 33.6 Å². The highest BCUT2D eigenvalue weighted by Crippen LogP contribution is 2.28. The Hall–Kier alpha value is -0.480. The molecule has 88 valence electrons. The standard InChI is InChI=1S/C11H16ClN3S/c1-7-6-10(14-11(12)13-7)15-4-5-16-9(3)8(15)2/h6,8-9H,4-5H2,1-3H3. The van der Waals surface area contributed by atoms with Crippen LogP contribution in [0.2, 0.25) is 5.28 Å². The summed E-state index contributed by atoms with van der Waals surface area (Å²) in [5.41, 5.74) is 0.924. The molecule has 0 N–H and O–H groups in total. The van der Waals surface area contributed by atoms with E-state index in [1.807, 2.05) is 24.8 Å². The van der Waals surface area contributed by atoms with Crippen LogP contribution in [0.3, 0.4) is 0 Å². The quantitative estimate of drug-likeness (QED) is 0.724. The summed E-state index contributed by atoms with van der Waals surface area (Å²) >= 11 is 7.91. The van der Waals surface area contributed by atoms with Crippen molar-refractivity contribution < 1.29 is 0 Å². The lowest BCUT2D eigenvalue weighted by atomic mass is 10.2. The number of hydrogen-bond acceptors (Lipinski definition) is 4. The minimum atomic E-state index is 0.341. The summed E-state index contributed by atoms with van der Waals surface area (Å²) in [5, 5.41) is 0.968. The van der Waals surface area contributed by atoms with Crippen LogP contribution in [0.4, 0.5) is 5.82 Å². The molecule has 3 nitrogen and oxygen atoms in total. The molecule has 2 heterocycles. The molecule has 0 saturated carbocycles. The molecular weight excluding hydrogens is 242 g/mol. The highest BCUT2D eigenvalue weighted by molar-refractivity contribution is 8.00. The number of aromatic nitrogens is 2. The molecule has 1 aromatic rings. The van der Waals surface area contributed by atoms with E-state index in [9.17, 15) is 0 Å². The largest absolute Gasteiger partial charge is 0.352 e. The zero-order valence-electron chi connectivity index (χ0n) is 9.77. The van der Waals surface area contributed by atoms with E-state index in [0.717, 1.165) is 23.8 Å². The highest BCUT2D eigenvalue weighted by Gasteiger charge is 2.26. The Bertz CT molecular complexity index is 365. The van der Waals surface area contributed by atoms with Crippen molar-refractivity contribution >= 4 is 29.2 Å². The van der Waals surface area contributed by atoms with Gasteiger partial charge in [0, 0.05) is 35.3 Å². The van der Waals surface area contributed by atoms with Gasteiger partial charge in [0.05, 0.1) is 0 Å². The molecule has 0 spiro atoms. The fourth-order valence-electron chi connectivity index (χ4n) is 1.92. The van der Waals surface area contributed by atoms with E-state index in [4.69, 9.17) is 11.6 Å². The molecule has 0 bridgehead atoms. The van der Waals surface area contributed by atoms with Crippen LogP contribution in [-0.2, 0) is 0 Å². The van der Waals surface area contributed by atoms with Gasteiger partial charge < -0.3 is 4.90 Å². The Labute approximate surface area is 106 Å². The van der Waals surface area contributed by atoms with Gasteiger partial charge in [0.25, 0.3) is 0 Å². The monoisotopic (exact) mass is 257 g/mol. The lowest BCUT2D eigenvalue weighted by Gasteiger charge is -2.38. The first-order valence-corrected chi connectivity index (χ1v) is 6.90. The van der Waals surface area contributed by atoms with E-state index in [1.54, 1.807) is 0 Å². The first kappa shape index (κ1) is 12.0. The van der Waals surface area contributed by atoms with Crippen LogP contribution >= 0.6 is 23.4 Å². The maximum absolute atomic E-state index is 5.90. The fraction of sp³-hybridized carbons (Fsp3) is 0.636. The van der Waals surface area contributed by atoms with Gasteiger partial charge >= 0.3 is 0 Å². The number of thioether (sulfide) groups is 1. The maximum Gasteiger partial charge on any atom is 0.224 e. The van der Waals surface area contributed by atoms with Crippen molar-refractivity contribution in [3.63, 3.8) is 0 Å². The van der Waals surface area contributed by atoms with Crippen LogP contribution in [0.1, 0.15) is 19.5 Å². The number of hydrogen-bond donors (Lipinski definition) is 0. The Morgan fingerprint density at radius 3 is 2.88 bits per heavy atom. The summed E-state index contributed by atoms with van der Waals surface area (Å²) in [7, 11) is 0. The van der Waals surface area contributed by atoms with Crippen molar-refractivity contribution in [1.82, 2.24) is 9.97 Å². The summed E-state index contributed by atoms with van der Waals surface area (Å²) in [4.78, 5) is 10.7. The predicted molar refractivity (Wildman–Crippen MR) is 70.5 cm³/mol. The molecule has 16 heavy (non-hydrogen) atoms. The second kappa shape index (κ2) is 4.80. The van der Waals surface area contributed by atoms with Gasteiger partial charge in [-0.25, -0.2) is 9.97 Å².